The van der Waals surface area contributed by atoms with Crippen LogP contribution in [0, 0.1) is 5.92 Å². The summed E-state index contributed by atoms with van der Waals surface area (Å²) in [6.45, 7) is 8.34. The molecule has 6 nitrogen and oxygen atoms in total. The lowest BCUT2D eigenvalue weighted by atomic mass is 10.0. The second kappa shape index (κ2) is 5.99. The summed E-state index contributed by atoms with van der Waals surface area (Å²) in [6.07, 6.45) is 2.32. The van der Waals surface area contributed by atoms with Gasteiger partial charge in [-0.3, -0.25) is 4.90 Å². The number of urea groups is 1. The van der Waals surface area contributed by atoms with E-state index in [0.717, 1.165) is 19.5 Å². The zero-order chi connectivity index (χ0) is 14.9. The Morgan fingerprint density at radius 2 is 2.00 bits per heavy atom. The van der Waals surface area contributed by atoms with Crippen LogP contribution in [0.15, 0.2) is 0 Å². The molecule has 2 heterocycles. The lowest BCUT2D eigenvalue weighted by Crippen LogP contribution is -2.61. The maximum atomic E-state index is 12.3. The highest BCUT2D eigenvalue weighted by molar-refractivity contribution is 5.83. The standard InChI is InChI=1S/C14H25N3O3/c1-9(2)12(13(18)19)15-14(20)17-8-11-5-4-6-16(11)7-10(17)3/h9-12H,4-8H2,1-3H3,(H,15,20)(H,18,19). The van der Waals surface area contributed by atoms with Crippen molar-refractivity contribution in [2.45, 2.75) is 51.7 Å². The molecule has 2 N–H and O–H groups in total. The molecule has 2 rings (SSSR count). The van der Waals surface area contributed by atoms with E-state index < -0.39 is 12.0 Å². The fraction of sp³-hybridized carbons (Fsp3) is 0.857. The maximum Gasteiger partial charge on any atom is 0.326 e. The number of aliphatic carboxylic acids is 1. The predicted molar refractivity (Wildman–Crippen MR) is 75.6 cm³/mol. The quantitative estimate of drug-likeness (QED) is 0.809. The van der Waals surface area contributed by atoms with Crippen LogP contribution in [0.1, 0.15) is 33.6 Å². The van der Waals surface area contributed by atoms with Crippen molar-refractivity contribution in [3.63, 3.8) is 0 Å². The Labute approximate surface area is 120 Å². The smallest absolute Gasteiger partial charge is 0.326 e. The largest absolute Gasteiger partial charge is 0.480 e. The molecule has 0 aromatic rings. The number of carboxylic acids is 1. The van der Waals surface area contributed by atoms with Crippen molar-refractivity contribution < 1.29 is 14.7 Å². The SMILES string of the molecule is CC(C)C(NC(=O)N1CC2CCCN2CC1C)C(=O)O. The Morgan fingerprint density at radius 1 is 1.30 bits per heavy atom. The summed E-state index contributed by atoms with van der Waals surface area (Å²) in [6, 6.07) is -0.494. The van der Waals surface area contributed by atoms with Crippen LogP contribution in [0.2, 0.25) is 0 Å². The van der Waals surface area contributed by atoms with E-state index in [4.69, 9.17) is 5.11 Å². The summed E-state index contributed by atoms with van der Waals surface area (Å²) in [5.41, 5.74) is 0. The van der Waals surface area contributed by atoms with Crippen LogP contribution in [-0.2, 0) is 4.79 Å². The van der Waals surface area contributed by atoms with Gasteiger partial charge in [-0.25, -0.2) is 9.59 Å². The van der Waals surface area contributed by atoms with Crippen molar-refractivity contribution in [3.05, 3.63) is 0 Å². The number of carboxylic acid groups (broad SMARTS) is 1. The first-order valence-corrected chi connectivity index (χ1v) is 7.44. The molecule has 0 spiro atoms. The Balaban J connectivity index is 1.99. The summed E-state index contributed by atoms with van der Waals surface area (Å²) in [4.78, 5) is 27.8. The van der Waals surface area contributed by atoms with Gasteiger partial charge in [-0.15, -0.1) is 0 Å². The highest BCUT2D eigenvalue weighted by Crippen LogP contribution is 2.24. The number of carbonyl (C=O) groups is 2. The third kappa shape index (κ3) is 3.06. The van der Waals surface area contributed by atoms with Gasteiger partial charge in [0.1, 0.15) is 6.04 Å². The highest BCUT2D eigenvalue weighted by atomic mass is 16.4. The van der Waals surface area contributed by atoms with Crippen molar-refractivity contribution in [1.29, 1.82) is 0 Å². The number of nitrogens with one attached hydrogen (secondary N) is 1. The fourth-order valence-corrected chi connectivity index (χ4v) is 3.20. The molecule has 0 bridgehead atoms. The third-order valence-corrected chi connectivity index (χ3v) is 4.41. The molecule has 2 amide bonds. The maximum absolute atomic E-state index is 12.3. The topological polar surface area (TPSA) is 72.9 Å². The monoisotopic (exact) mass is 283 g/mol. The Kier molecular flexibility index (Phi) is 4.52. The molecule has 0 aromatic heterocycles. The predicted octanol–water partition coefficient (Wildman–Crippen LogP) is 0.974. The molecule has 2 aliphatic heterocycles. The molecule has 2 saturated heterocycles. The van der Waals surface area contributed by atoms with E-state index in [9.17, 15) is 9.59 Å². The normalized spacial score (nSPS) is 28.3. The number of nitrogens with zero attached hydrogens (tertiary/aromatic N) is 2. The summed E-state index contributed by atoms with van der Waals surface area (Å²) in [7, 11) is 0. The second-order valence-corrected chi connectivity index (χ2v) is 6.30. The van der Waals surface area contributed by atoms with E-state index in [2.05, 4.69) is 10.2 Å². The van der Waals surface area contributed by atoms with Crippen molar-refractivity contribution >= 4 is 12.0 Å². The molecule has 20 heavy (non-hydrogen) atoms. The van der Waals surface area contributed by atoms with Gasteiger partial charge in [0.2, 0.25) is 0 Å². The minimum atomic E-state index is -0.972. The van der Waals surface area contributed by atoms with Gasteiger partial charge in [-0.2, -0.15) is 0 Å². The van der Waals surface area contributed by atoms with Crippen LogP contribution < -0.4 is 5.32 Å². The Hall–Kier alpha value is -1.30. The number of piperazine rings is 1. The van der Waals surface area contributed by atoms with Crippen molar-refractivity contribution in [1.82, 2.24) is 15.1 Å². The summed E-state index contributed by atoms with van der Waals surface area (Å²) < 4.78 is 0. The zero-order valence-corrected chi connectivity index (χ0v) is 12.5. The van der Waals surface area contributed by atoms with Crippen LogP contribution in [0.3, 0.4) is 0 Å². The molecular weight excluding hydrogens is 258 g/mol. The van der Waals surface area contributed by atoms with Gasteiger partial charge in [-0.05, 0) is 32.2 Å². The van der Waals surface area contributed by atoms with Crippen molar-refractivity contribution in [3.8, 4) is 0 Å². The van der Waals surface area contributed by atoms with Gasteiger partial charge in [0, 0.05) is 25.2 Å². The molecule has 2 aliphatic rings. The zero-order valence-electron chi connectivity index (χ0n) is 12.5. The summed E-state index contributed by atoms with van der Waals surface area (Å²) in [5.74, 6) is -1.10. The molecule has 6 heteroatoms. The second-order valence-electron chi connectivity index (χ2n) is 6.30. The van der Waals surface area contributed by atoms with Gasteiger partial charge >= 0.3 is 12.0 Å². The first-order chi connectivity index (χ1) is 9.40. The molecule has 0 saturated carbocycles. The lowest BCUT2D eigenvalue weighted by molar-refractivity contribution is -0.140. The van der Waals surface area contributed by atoms with Crippen LogP contribution >= 0.6 is 0 Å². The van der Waals surface area contributed by atoms with E-state index in [1.54, 1.807) is 18.7 Å². The van der Waals surface area contributed by atoms with Crippen molar-refractivity contribution in [2.75, 3.05) is 19.6 Å². The van der Waals surface area contributed by atoms with E-state index in [0.29, 0.717) is 12.6 Å². The molecule has 114 valence electrons. The van der Waals surface area contributed by atoms with Gasteiger partial charge in [0.05, 0.1) is 0 Å². The number of hydrogen-bond acceptors (Lipinski definition) is 3. The lowest BCUT2D eigenvalue weighted by Gasteiger charge is -2.42. The number of amides is 2. The third-order valence-electron chi connectivity index (χ3n) is 4.41. The fourth-order valence-electron chi connectivity index (χ4n) is 3.20. The molecule has 0 radical (unpaired) electrons. The molecular formula is C14H25N3O3. The summed E-state index contributed by atoms with van der Waals surface area (Å²) >= 11 is 0. The Bertz CT molecular complexity index is 386. The minimum absolute atomic E-state index is 0.125. The van der Waals surface area contributed by atoms with Crippen LogP contribution in [0.4, 0.5) is 4.79 Å². The van der Waals surface area contributed by atoms with E-state index in [1.165, 1.54) is 6.42 Å². The molecule has 3 atom stereocenters. The first kappa shape index (κ1) is 15.1. The first-order valence-electron chi connectivity index (χ1n) is 7.44. The number of rotatable bonds is 3. The molecule has 3 unspecified atom stereocenters. The number of fused-ring (bicyclic) bond motifs is 1. The van der Waals surface area contributed by atoms with Gasteiger partial charge in [0.15, 0.2) is 0 Å². The average molecular weight is 283 g/mol. The molecule has 0 aromatic carbocycles. The molecule has 2 fully saturated rings. The number of carbonyl (C=O) groups excluding carboxylic acids is 1. The van der Waals surface area contributed by atoms with Gasteiger partial charge < -0.3 is 15.3 Å². The average Bonchev–Trinajstić information content (AvgIpc) is 2.80. The van der Waals surface area contributed by atoms with E-state index >= 15 is 0 Å². The van der Waals surface area contributed by atoms with E-state index in [1.807, 2.05) is 6.92 Å². The Morgan fingerprint density at radius 3 is 2.60 bits per heavy atom. The highest BCUT2D eigenvalue weighted by Gasteiger charge is 2.37. The summed E-state index contributed by atoms with van der Waals surface area (Å²) in [5, 5.41) is 11.8. The van der Waals surface area contributed by atoms with Crippen LogP contribution in [0.5, 0.6) is 0 Å². The van der Waals surface area contributed by atoms with Crippen LogP contribution in [0.25, 0.3) is 0 Å². The molecule has 0 aliphatic carbocycles. The van der Waals surface area contributed by atoms with Gasteiger partial charge in [0.25, 0.3) is 0 Å². The van der Waals surface area contributed by atoms with Crippen LogP contribution in [-0.4, -0.2) is 64.7 Å². The van der Waals surface area contributed by atoms with Crippen molar-refractivity contribution in [2.24, 2.45) is 5.92 Å². The number of hydrogen-bond donors (Lipinski definition) is 2. The minimum Gasteiger partial charge on any atom is -0.480 e. The van der Waals surface area contributed by atoms with E-state index in [-0.39, 0.29) is 18.0 Å². The van der Waals surface area contributed by atoms with Gasteiger partial charge in [-0.1, -0.05) is 13.8 Å².